The molecule has 1 atom stereocenters. The molecule has 0 aliphatic heterocycles. The predicted molar refractivity (Wildman–Crippen MR) is 42.1 cm³/mol. The van der Waals surface area contributed by atoms with Crippen molar-refractivity contribution in [2.45, 2.75) is 6.04 Å². The average Bonchev–Trinajstić information content (AvgIpc) is 2.05. The Kier molecular flexibility index (Phi) is 5.17. The Morgan fingerprint density at radius 2 is 1.92 bits per heavy atom. The zero-order chi connectivity index (χ0) is 8.27. The molecule has 0 aromatic heterocycles. The minimum atomic E-state index is -1.00. The number of carboxylic acids is 1. The minimum Gasteiger partial charge on any atom is -1.00 e. The number of carbonyl (C=O) groups is 1. The molecule has 0 bridgehead atoms. The van der Waals surface area contributed by atoms with Gasteiger partial charge in [-0.25, -0.2) is 0 Å². The van der Waals surface area contributed by atoms with E-state index in [2.05, 4.69) is 0 Å². The molecular formula is C8H10NNaO2. The summed E-state index contributed by atoms with van der Waals surface area (Å²) in [5, 5.41) is 8.51. The van der Waals surface area contributed by atoms with Crippen LogP contribution in [0, 0.1) is 0 Å². The summed E-state index contributed by atoms with van der Waals surface area (Å²) in [6, 6.07) is 7.82. The topological polar surface area (TPSA) is 63.3 Å². The normalized spacial score (nSPS) is 11.4. The number of hydrogen-bond donors (Lipinski definition) is 2. The second-order valence-electron chi connectivity index (χ2n) is 2.23. The van der Waals surface area contributed by atoms with Gasteiger partial charge in [-0.05, 0) is 5.56 Å². The third kappa shape index (κ3) is 2.95. The molecule has 3 N–H and O–H groups in total. The van der Waals surface area contributed by atoms with Crippen LogP contribution in [0.15, 0.2) is 30.3 Å². The smallest absolute Gasteiger partial charge is 1.00 e. The maximum atomic E-state index is 10.4. The molecule has 0 radical (unpaired) electrons. The van der Waals surface area contributed by atoms with Gasteiger partial charge < -0.3 is 12.3 Å². The first-order valence-electron chi connectivity index (χ1n) is 3.25. The van der Waals surface area contributed by atoms with Crippen LogP contribution in [0.2, 0.25) is 0 Å². The first kappa shape index (κ1) is 11.6. The summed E-state index contributed by atoms with van der Waals surface area (Å²) in [7, 11) is 0. The average molecular weight is 175 g/mol. The van der Waals surface area contributed by atoms with E-state index in [0.29, 0.717) is 5.56 Å². The van der Waals surface area contributed by atoms with E-state index in [-0.39, 0.29) is 31.0 Å². The number of benzene rings is 1. The number of nitrogens with two attached hydrogens (primary N) is 1. The van der Waals surface area contributed by atoms with Crippen LogP contribution in [0.4, 0.5) is 0 Å². The molecule has 0 saturated carbocycles. The maximum absolute atomic E-state index is 10.4. The molecule has 0 aliphatic carbocycles. The van der Waals surface area contributed by atoms with E-state index in [4.69, 9.17) is 10.8 Å². The van der Waals surface area contributed by atoms with E-state index in [1.807, 2.05) is 6.07 Å². The molecule has 1 aromatic carbocycles. The first-order valence-corrected chi connectivity index (χ1v) is 3.25. The Morgan fingerprint density at radius 3 is 2.33 bits per heavy atom. The van der Waals surface area contributed by atoms with Gasteiger partial charge in [-0.15, -0.1) is 0 Å². The molecule has 1 aromatic rings. The second kappa shape index (κ2) is 5.32. The molecule has 0 heterocycles. The monoisotopic (exact) mass is 175 g/mol. The van der Waals surface area contributed by atoms with E-state index in [9.17, 15) is 4.79 Å². The van der Waals surface area contributed by atoms with Crippen molar-refractivity contribution in [3.63, 3.8) is 0 Å². The summed E-state index contributed by atoms with van der Waals surface area (Å²) in [5.74, 6) is -1.00. The largest absolute Gasteiger partial charge is 1.00 e. The summed E-state index contributed by atoms with van der Waals surface area (Å²) < 4.78 is 0. The van der Waals surface area contributed by atoms with Gasteiger partial charge in [0.2, 0.25) is 0 Å². The molecular weight excluding hydrogens is 165 g/mol. The number of hydrogen-bond acceptors (Lipinski definition) is 2. The quantitative estimate of drug-likeness (QED) is 0.505. The Hall–Kier alpha value is -0.350. The van der Waals surface area contributed by atoms with Gasteiger partial charge in [0.15, 0.2) is 0 Å². The van der Waals surface area contributed by atoms with Crippen LogP contribution in [-0.4, -0.2) is 11.1 Å². The zero-order valence-corrected chi connectivity index (χ0v) is 8.90. The van der Waals surface area contributed by atoms with Gasteiger partial charge >= 0.3 is 35.5 Å². The summed E-state index contributed by atoms with van der Waals surface area (Å²) in [6.07, 6.45) is 0. The fraction of sp³-hybridized carbons (Fsp3) is 0.125. The van der Waals surface area contributed by atoms with Crippen molar-refractivity contribution in [3.05, 3.63) is 35.9 Å². The number of carboxylic acid groups (broad SMARTS) is 1. The van der Waals surface area contributed by atoms with Crippen molar-refractivity contribution in [2.24, 2.45) is 5.73 Å². The predicted octanol–water partition coefficient (Wildman–Crippen LogP) is -2.11. The fourth-order valence-electron chi connectivity index (χ4n) is 0.803. The molecule has 12 heavy (non-hydrogen) atoms. The Morgan fingerprint density at radius 1 is 1.42 bits per heavy atom. The Balaban J connectivity index is 0. The number of rotatable bonds is 2. The van der Waals surface area contributed by atoms with Crippen molar-refractivity contribution in [2.75, 3.05) is 0 Å². The molecule has 0 fully saturated rings. The molecule has 0 saturated heterocycles. The van der Waals surface area contributed by atoms with Crippen molar-refractivity contribution in [1.29, 1.82) is 0 Å². The molecule has 4 heteroatoms. The zero-order valence-electron chi connectivity index (χ0n) is 7.90. The van der Waals surface area contributed by atoms with Crippen LogP contribution in [0.25, 0.3) is 0 Å². The SMILES string of the molecule is NC(C(=O)O)c1ccccc1.[H-].[Na+]. The van der Waals surface area contributed by atoms with Gasteiger partial charge in [0.25, 0.3) is 0 Å². The molecule has 1 unspecified atom stereocenters. The summed E-state index contributed by atoms with van der Waals surface area (Å²) in [5.41, 5.74) is 5.96. The maximum Gasteiger partial charge on any atom is 1.00 e. The second-order valence-corrected chi connectivity index (χ2v) is 2.23. The molecule has 1 rings (SSSR count). The molecule has 0 spiro atoms. The van der Waals surface area contributed by atoms with Gasteiger partial charge in [0.05, 0.1) is 0 Å². The molecule has 0 amide bonds. The van der Waals surface area contributed by atoms with Crippen molar-refractivity contribution in [1.82, 2.24) is 0 Å². The van der Waals surface area contributed by atoms with Gasteiger partial charge in [0, 0.05) is 0 Å². The fourth-order valence-corrected chi connectivity index (χ4v) is 0.803. The summed E-state index contributed by atoms with van der Waals surface area (Å²) in [6.45, 7) is 0. The van der Waals surface area contributed by atoms with Crippen LogP contribution < -0.4 is 35.3 Å². The summed E-state index contributed by atoms with van der Waals surface area (Å²) in [4.78, 5) is 10.4. The summed E-state index contributed by atoms with van der Waals surface area (Å²) >= 11 is 0. The van der Waals surface area contributed by atoms with Crippen LogP contribution >= 0.6 is 0 Å². The van der Waals surface area contributed by atoms with Crippen LogP contribution in [-0.2, 0) is 4.79 Å². The third-order valence-corrected chi connectivity index (χ3v) is 1.42. The van der Waals surface area contributed by atoms with Crippen LogP contribution in [0.1, 0.15) is 13.0 Å². The minimum absolute atomic E-state index is 0. The molecule has 60 valence electrons. The van der Waals surface area contributed by atoms with Crippen molar-refractivity contribution >= 4 is 5.97 Å². The van der Waals surface area contributed by atoms with E-state index in [1.165, 1.54) is 0 Å². The van der Waals surface area contributed by atoms with E-state index in [0.717, 1.165) is 0 Å². The van der Waals surface area contributed by atoms with Crippen molar-refractivity contribution in [3.8, 4) is 0 Å². The Labute approximate surface area is 94.4 Å². The van der Waals surface area contributed by atoms with Gasteiger partial charge in [-0.3, -0.25) is 4.79 Å². The van der Waals surface area contributed by atoms with Crippen LogP contribution in [0.5, 0.6) is 0 Å². The third-order valence-electron chi connectivity index (χ3n) is 1.42. The van der Waals surface area contributed by atoms with Gasteiger partial charge in [0.1, 0.15) is 6.04 Å². The standard InChI is InChI=1S/C8H9NO2.Na.H/c9-7(8(10)11)6-4-2-1-3-5-6;;/h1-5,7H,9H2,(H,10,11);;/q;+1;-1. The Bertz CT molecular complexity index is 256. The van der Waals surface area contributed by atoms with E-state index in [1.54, 1.807) is 24.3 Å². The van der Waals surface area contributed by atoms with Crippen molar-refractivity contribution < 1.29 is 40.9 Å². The van der Waals surface area contributed by atoms with Crippen LogP contribution in [0.3, 0.4) is 0 Å². The first-order chi connectivity index (χ1) is 5.22. The van der Waals surface area contributed by atoms with E-state index < -0.39 is 12.0 Å². The molecule has 0 aliphatic rings. The molecule has 3 nitrogen and oxygen atoms in total. The van der Waals surface area contributed by atoms with Gasteiger partial charge in [-0.2, -0.15) is 0 Å². The van der Waals surface area contributed by atoms with E-state index >= 15 is 0 Å². The van der Waals surface area contributed by atoms with Gasteiger partial charge in [-0.1, -0.05) is 30.3 Å². The number of aliphatic carboxylic acids is 1.